The normalized spacial score (nSPS) is 11.2. The lowest BCUT2D eigenvalue weighted by Crippen LogP contribution is -2.23. The van der Waals surface area contributed by atoms with Crippen LogP contribution in [0.4, 0.5) is 0 Å². The molecule has 3 heterocycles. The lowest BCUT2D eigenvalue weighted by atomic mass is 9.98. The molecule has 0 amide bonds. The summed E-state index contributed by atoms with van der Waals surface area (Å²) in [6.45, 7) is 4.26. The van der Waals surface area contributed by atoms with Gasteiger partial charge in [-0.25, -0.2) is 4.98 Å². The Bertz CT molecular complexity index is 845. The molecule has 0 aromatic carbocycles. The number of ether oxygens (including phenoxy) is 2. The summed E-state index contributed by atoms with van der Waals surface area (Å²) in [6.07, 6.45) is 5.88. The van der Waals surface area contributed by atoms with Gasteiger partial charge in [-0.3, -0.25) is 10.1 Å². The molecule has 0 unspecified atom stereocenters. The van der Waals surface area contributed by atoms with Crippen LogP contribution in [-0.4, -0.2) is 33.1 Å². The number of carbonyl (C=O) groups is 1. The smallest absolute Gasteiger partial charge is 0.213 e. The average Bonchev–Trinajstić information content (AvgIpc) is 3.20. The van der Waals surface area contributed by atoms with Gasteiger partial charge in [0.05, 0.1) is 23.0 Å². The Labute approximate surface area is 151 Å². The van der Waals surface area contributed by atoms with E-state index in [4.69, 9.17) is 9.47 Å². The molecule has 0 aliphatic carbocycles. The van der Waals surface area contributed by atoms with Crippen LogP contribution >= 0.6 is 0 Å². The zero-order valence-corrected chi connectivity index (χ0v) is 14.7. The van der Waals surface area contributed by atoms with Crippen LogP contribution in [0.1, 0.15) is 19.4 Å². The van der Waals surface area contributed by atoms with Crippen LogP contribution in [-0.2, 0) is 11.4 Å². The first-order valence-electron chi connectivity index (χ1n) is 8.18. The number of rotatable bonds is 8. The maximum absolute atomic E-state index is 10.9. The Hall–Kier alpha value is -3.22. The number of hydrogen-bond donors (Lipinski definition) is 1. The third-order valence-corrected chi connectivity index (χ3v) is 3.63. The van der Waals surface area contributed by atoms with Gasteiger partial charge < -0.3 is 14.3 Å². The molecule has 7 nitrogen and oxygen atoms in total. The van der Waals surface area contributed by atoms with E-state index >= 15 is 0 Å². The third kappa shape index (κ3) is 4.66. The van der Waals surface area contributed by atoms with Crippen molar-refractivity contribution in [2.24, 2.45) is 5.41 Å². The predicted octanol–water partition coefficient (Wildman–Crippen LogP) is 3.05. The maximum atomic E-state index is 10.9. The van der Waals surface area contributed by atoms with Gasteiger partial charge in [0.15, 0.2) is 0 Å². The molecular formula is C19H20N4O3. The second kappa shape index (κ2) is 7.77. The fourth-order valence-electron chi connectivity index (χ4n) is 2.10. The largest absolute Gasteiger partial charge is 0.487 e. The van der Waals surface area contributed by atoms with Crippen LogP contribution in [0.25, 0.3) is 11.4 Å². The fraction of sp³-hybridized carbons (Fsp3) is 0.263. The summed E-state index contributed by atoms with van der Waals surface area (Å²) in [4.78, 5) is 19.4. The number of aromatic amines is 1. The second-order valence-corrected chi connectivity index (χ2v) is 6.54. The van der Waals surface area contributed by atoms with Crippen molar-refractivity contribution >= 4 is 6.29 Å². The van der Waals surface area contributed by atoms with Gasteiger partial charge >= 0.3 is 0 Å². The number of aromatic nitrogens is 4. The van der Waals surface area contributed by atoms with Gasteiger partial charge in [0.1, 0.15) is 25.2 Å². The first-order valence-corrected chi connectivity index (χ1v) is 8.18. The van der Waals surface area contributed by atoms with E-state index in [0.29, 0.717) is 18.2 Å². The molecule has 0 bridgehead atoms. The van der Waals surface area contributed by atoms with Crippen molar-refractivity contribution < 1.29 is 14.3 Å². The average molecular weight is 352 g/mol. The van der Waals surface area contributed by atoms with Crippen LogP contribution in [0.15, 0.2) is 48.9 Å². The highest BCUT2D eigenvalue weighted by Crippen LogP contribution is 2.19. The third-order valence-electron chi connectivity index (χ3n) is 3.63. The van der Waals surface area contributed by atoms with E-state index in [1.54, 1.807) is 24.7 Å². The van der Waals surface area contributed by atoms with E-state index in [0.717, 1.165) is 23.2 Å². The Kier molecular flexibility index (Phi) is 5.26. The van der Waals surface area contributed by atoms with E-state index in [1.807, 2.05) is 38.1 Å². The number of pyridine rings is 2. The number of nitrogens with zero attached hydrogens (tertiary/aromatic N) is 3. The van der Waals surface area contributed by atoms with Gasteiger partial charge in [0, 0.05) is 18.5 Å². The molecule has 134 valence electrons. The minimum atomic E-state index is -0.545. The molecule has 0 saturated carbocycles. The maximum Gasteiger partial charge on any atom is 0.213 e. The summed E-state index contributed by atoms with van der Waals surface area (Å²) in [5, 5.41) is 6.78. The van der Waals surface area contributed by atoms with Crippen molar-refractivity contribution in [1.29, 1.82) is 0 Å². The summed E-state index contributed by atoms with van der Waals surface area (Å²) in [6, 6.07) is 9.23. The molecule has 3 aromatic rings. The van der Waals surface area contributed by atoms with Gasteiger partial charge in [-0.1, -0.05) is 0 Å². The first kappa shape index (κ1) is 17.6. The van der Waals surface area contributed by atoms with E-state index in [9.17, 15) is 4.79 Å². The molecule has 0 aliphatic heterocycles. The molecule has 3 aromatic heterocycles. The second-order valence-electron chi connectivity index (χ2n) is 6.54. The summed E-state index contributed by atoms with van der Waals surface area (Å²) >= 11 is 0. The zero-order valence-electron chi connectivity index (χ0n) is 14.7. The highest BCUT2D eigenvalue weighted by atomic mass is 16.5. The molecular weight excluding hydrogens is 332 g/mol. The summed E-state index contributed by atoms with van der Waals surface area (Å²) in [7, 11) is 0. The van der Waals surface area contributed by atoms with Crippen molar-refractivity contribution in [3.05, 3.63) is 54.5 Å². The molecule has 0 aliphatic rings. The van der Waals surface area contributed by atoms with Gasteiger partial charge in [0.25, 0.3) is 0 Å². The molecule has 0 fully saturated rings. The minimum Gasteiger partial charge on any atom is -0.487 e. The Morgan fingerprint density at radius 3 is 2.69 bits per heavy atom. The van der Waals surface area contributed by atoms with Crippen molar-refractivity contribution in [3.8, 4) is 23.0 Å². The highest BCUT2D eigenvalue weighted by Gasteiger charge is 2.17. The number of carbonyl (C=O) groups excluding carboxylic acids is 1. The van der Waals surface area contributed by atoms with Crippen LogP contribution in [0, 0.1) is 5.41 Å². The van der Waals surface area contributed by atoms with Gasteiger partial charge in [-0.05, 0) is 43.7 Å². The zero-order chi connectivity index (χ0) is 18.4. The van der Waals surface area contributed by atoms with E-state index < -0.39 is 5.41 Å². The van der Waals surface area contributed by atoms with Crippen LogP contribution in [0.2, 0.25) is 0 Å². The molecule has 0 spiro atoms. The minimum absolute atomic E-state index is 0.271. The van der Waals surface area contributed by atoms with Gasteiger partial charge in [-0.15, -0.1) is 0 Å². The van der Waals surface area contributed by atoms with Crippen LogP contribution < -0.4 is 9.47 Å². The summed E-state index contributed by atoms with van der Waals surface area (Å²) in [5.74, 6) is 1.13. The molecule has 0 radical (unpaired) electrons. The van der Waals surface area contributed by atoms with E-state index in [1.165, 1.54) is 0 Å². The van der Waals surface area contributed by atoms with E-state index in [2.05, 4.69) is 20.2 Å². The lowest BCUT2D eigenvalue weighted by molar-refractivity contribution is -0.116. The lowest BCUT2D eigenvalue weighted by Gasteiger charge is -2.17. The van der Waals surface area contributed by atoms with Crippen LogP contribution in [0.3, 0.4) is 0 Å². The van der Waals surface area contributed by atoms with Crippen molar-refractivity contribution in [2.45, 2.75) is 20.5 Å². The molecule has 26 heavy (non-hydrogen) atoms. The predicted molar refractivity (Wildman–Crippen MR) is 95.7 cm³/mol. The number of aldehydes is 1. The monoisotopic (exact) mass is 352 g/mol. The number of H-pyrrole nitrogens is 1. The van der Waals surface area contributed by atoms with Crippen molar-refractivity contribution in [1.82, 2.24) is 20.2 Å². The highest BCUT2D eigenvalue weighted by molar-refractivity contribution is 5.58. The van der Waals surface area contributed by atoms with E-state index in [-0.39, 0.29) is 6.61 Å². The first-order chi connectivity index (χ1) is 12.6. The summed E-state index contributed by atoms with van der Waals surface area (Å²) in [5.41, 5.74) is 2.02. The number of hydrogen-bond acceptors (Lipinski definition) is 6. The topological polar surface area (TPSA) is 90.0 Å². The Balaban J connectivity index is 1.57. The quantitative estimate of drug-likeness (QED) is 0.627. The standard InChI is InChI=1S/C19H20N4O3/c1-19(2,12-24)13-26-18-9-14(5-7-20-18)11-25-15-3-4-16(21-10-15)17-6-8-22-23-17/h3-10,12H,11,13H2,1-2H3,(H,22,23). The van der Waals surface area contributed by atoms with Crippen molar-refractivity contribution in [3.63, 3.8) is 0 Å². The molecule has 0 saturated heterocycles. The Morgan fingerprint density at radius 2 is 2.00 bits per heavy atom. The molecule has 3 rings (SSSR count). The summed E-state index contributed by atoms with van der Waals surface area (Å²) < 4.78 is 11.3. The van der Waals surface area contributed by atoms with Gasteiger partial charge in [-0.2, -0.15) is 5.10 Å². The van der Waals surface area contributed by atoms with Crippen molar-refractivity contribution in [2.75, 3.05) is 6.61 Å². The SMILES string of the molecule is CC(C)(C=O)COc1cc(COc2ccc(-c3ccn[nH]3)nc2)ccn1. The Morgan fingerprint density at radius 1 is 1.12 bits per heavy atom. The molecule has 0 atom stereocenters. The van der Waals surface area contributed by atoms with Crippen LogP contribution in [0.5, 0.6) is 11.6 Å². The van der Waals surface area contributed by atoms with Gasteiger partial charge in [0.2, 0.25) is 5.88 Å². The number of nitrogens with one attached hydrogen (secondary N) is 1. The molecule has 7 heteroatoms. The molecule has 1 N–H and O–H groups in total. The fourth-order valence-corrected chi connectivity index (χ4v) is 2.10.